The van der Waals surface area contributed by atoms with Gasteiger partial charge >= 0.3 is 0 Å². The molecule has 0 radical (unpaired) electrons. The van der Waals surface area contributed by atoms with Crippen LogP contribution in [-0.2, 0) is 25.8 Å². The molecule has 0 saturated carbocycles. The molecule has 33 heavy (non-hydrogen) atoms. The summed E-state index contributed by atoms with van der Waals surface area (Å²) in [4.78, 5) is 16.8. The van der Waals surface area contributed by atoms with Gasteiger partial charge in [0.15, 0.2) is 9.84 Å². The molecule has 1 unspecified atom stereocenters. The molecule has 2 N–H and O–H groups in total. The first kappa shape index (κ1) is 23.4. The Morgan fingerprint density at radius 3 is 2.52 bits per heavy atom. The van der Waals surface area contributed by atoms with E-state index in [-0.39, 0.29) is 12.2 Å². The predicted molar refractivity (Wildman–Crippen MR) is 129 cm³/mol. The number of hydroxylamine groups is 1. The highest BCUT2D eigenvalue weighted by atomic mass is 32.2. The Morgan fingerprint density at radius 2 is 1.85 bits per heavy atom. The van der Waals surface area contributed by atoms with Crippen molar-refractivity contribution in [2.45, 2.75) is 56.6 Å². The average Bonchev–Trinajstić information content (AvgIpc) is 2.80. The van der Waals surface area contributed by atoms with E-state index in [2.05, 4.69) is 26.0 Å². The monoisotopic (exact) mass is 466 g/mol. The number of carbonyl (C=O) groups is 1. The van der Waals surface area contributed by atoms with Gasteiger partial charge < -0.3 is 0 Å². The van der Waals surface area contributed by atoms with Gasteiger partial charge in [0, 0.05) is 11.1 Å². The first-order valence-corrected chi connectivity index (χ1v) is 13.0. The summed E-state index contributed by atoms with van der Waals surface area (Å²) in [5.41, 5.74) is 6.47. The fourth-order valence-corrected chi connectivity index (χ4v) is 7.11. The molecule has 0 bridgehead atoms. The summed E-state index contributed by atoms with van der Waals surface area (Å²) in [5, 5.41) is 10.2. The Labute approximate surface area is 194 Å². The number of hydrogen-bond acceptors (Lipinski definition) is 5. The summed E-state index contributed by atoms with van der Waals surface area (Å²) in [6.45, 7) is 4.25. The second-order valence-electron chi connectivity index (χ2n) is 9.23. The van der Waals surface area contributed by atoms with Crippen molar-refractivity contribution in [3.05, 3.63) is 77.0 Å². The molecule has 0 spiro atoms. The summed E-state index contributed by atoms with van der Waals surface area (Å²) in [6, 6.07) is 17.8. The molecular formula is C26H30N2O4S. The van der Waals surface area contributed by atoms with Gasteiger partial charge in [-0.15, -0.1) is 0 Å². The molecule has 1 amide bonds. The van der Waals surface area contributed by atoms with Gasteiger partial charge in [-0.1, -0.05) is 62.7 Å². The molecule has 1 aliphatic heterocycles. The zero-order valence-corrected chi connectivity index (χ0v) is 19.9. The topological polar surface area (TPSA) is 96.4 Å². The van der Waals surface area contributed by atoms with Crippen LogP contribution < -0.4 is 5.48 Å². The quantitative estimate of drug-likeness (QED) is 0.408. The lowest BCUT2D eigenvalue weighted by Gasteiger charge is -2.36. The largest absolute Gasteiger partial charge is 0.289 e. The maximum absolute atomic E-state index is 13.1. The van der Waals surface area contributed by atoms with Gasteiger partial charge in [-0.05, 0) is 54.0 Å². The van der Waals surface area contributed by atoms with Crippen molar-refractivity contribution in [2.75, 3.05) is 5.75 Å². The van der Waals surface area contributed by atoms with Crippen LogP contribution in [0, 0.1) is 0 Å². The third kappa shape index (κ3) is 4.52. The van der Waals surface area contributed by atoms with Gasteiger partial charge in [-0.2, -0.15) is 0 Å². The SMILES string of the molecule is CC(C)c1cc(Cc2ccc(C3(CC(=O)NO)CCCCS3(=O)=O)cc2)c2ccccc2n1. The highest BCUT2D eigenvalue weighted by Crippen LogP contribution is 2.43. The van der Waals surface area contributed by atoms with Gasteiger partial charge in [-0.25, -0.2) is 13.9 Å². The molecule has 1 aromatic heterocycles. The molecule has 2 aromatic carbocycles. The van der Waals surface area contributed by atoms with Crippen LogP contribution in [0.1, 0.15) is 67.8 Å². The van der Waals surface area contributed by atoms with E-state index in [0.29, 0.717) is 30.7 Å². The normalized spacial score (nSPS) is 20.1. The molecule has 2 heterocycles. The second kappa shape index (κ2) is 9.23. The number of pyridine rings is 1. The number of nitrogens with zero attached hydrogens (tertiary/aromatic N) is 1. The molecule has 6 nitrogen and oxygen atoms in total. The molecule has 1 saturated heterocycles. The van der Waals surface area contributed by atoms with E-state index in [1.165, 1.54) is 5.56 Å². The van der Waals surface area contributed by atoms with Crippen molar-refractivity contribution in [3.63, 3.8) is 0 Å². The summed E-state index contributed by atoms with van der Waals surface area (Å²) >= 11 is 0. The van der Waals surface area contributed by atoms with E-state index in [1.807, 2.05) is 42.5 Å². The fourth-order valence-electron chi connectivity index (χ4n) is 4.84. The number of fused-ring (bicyclic) bond motifs is 1. The van der Waals surface area contributed by atoms with Gasteiger partial charge in [0.05, 0.1) is 17.7 Å². The van der Waals surface area contributed by atoms with Crippen LogP contribution in [0.4, 0.5) is 0 Å². The number of para-hydroxylation sites is 1. The van der Waals surface area contributed by atoms with Crippen LogP contribution in [0.2, 0.25) is 0 Å². The Kier molecular flexibility index (Phi) is 6.54. The van der Waals surface area contributed by atoms with Gasteiger partial charge in [-0.3, -0.25) is 15.0 Å². The van der Waals surface area contributed by atoms with Crippen LogP contribution in [0.25, 0.3) is 10.9 Å². The highest BCUT2D eigenvalue weighted by Gasteiger charge is 2.48. The number of nitrogens with one attached hydrogen (secondary N) is 1. The number of carbonyl (C=O) groups excluding carboxylic acids is 1. The van der Waals surface area contributed by atoms with E-state index >= 15 is 0 Å². The fraction of sp³-hybridized carbons (Fsp3) is 0.385. The van der Waals surface area contributed by atoms with E-state index in [0.717, 1.165) is 28.6 Å². The smallest absolute Gasteiger partial charge is 0.245 e. The summed E-state index contributed by atoms with van der Waals surface area (Å²) < 4.78 is 24.9. The molecule has 0 aliphatic carbocycles. The summed E-state index contributed by atoms with van der Waals surface area (Å²) in [7, 11) is -3.54. The van der Waals surface area contributed by atoms with Crippen LogP contribution in [0.5, 0.6) is 0 Å². The maximum Gasteiger partial charge on any atom is 0.245 e. The van der Waals surface area contributed by atoms with Crippen molar-refractivity contribution in [1.82, 2.24) is 10.5 Å². The van der Waals surface area contributed by atoms with Crippen molar-refractivity contribution in [1.29, 1.82) is 0 Å². The minimum atomic E-state index is -3.54. The number of hydrogen-bond donors (Lipinski definition) is 2. The van der Waals surface area contributed by atoms with Crippen molar-refractivity contribution >= 4 is 26.6 Å². The minimum Gasteiger partial charge on any atom is -0.289 e. The number of sulfone groups is 1. The first-order valence-electron chi connectivity index (χ1n) is 11.4. The van der Waals surface area contributed by atoms with E-state index in [1.54, 1.807) is 5.48 Å². The van der Waals surface area contributed by atoms with E-state index < -0.39 is 20.5 Å². The number of amides is 1. The third-order valence-corrected chi connectivity index (χ3v) is 9.30. The molecule has 3 aromatic rings. The molecule has 7 heteroatoms. The zero-order valence-electron chi connectivity index (χ0n) is 19.0. The molecule has 1 fully saturated rings. The molecular weight excluding hydrogens is 436 g/mol. The maximum atomic E-state index is 13.1. The lowest BCUT2D eigenvalue weighted by Crippen LogP contribution is -2.44. The van der Waals surface area contributed by atoms with Gasteiger partial charge in [0.25, 0.3) is 0 Å². The highest BCUT2D eigenvalue weighted by molar-refractivity contribution is 7.92. The van der Waals surface area contributed by atoms with Crippen molar-refractivity contribution in [3.8, 4) is 0 Å². The van der Waals surface area contributed by atoms with Crippen LogP contribution in [0.15, 0.2) is 54.6 Å². The van der Waals surface area contributed by atoms with E-state index in [4.69, 9.17) is 10.2 Å². The summed E-state index contributed by atoms with van der Waals surface area (Å²) in [5.74, 6) is -0.326. The molecule has 1 atom stereocenters. The number of rotatable bonds is 6. The number of benzene rings is 2. The van der Waals surface area contributed by atoms with Crippen LogP contribution >= 0.6 is 0 Å². The predicted octanol–water partition coefficient (Wildman–Crippen LogP) is 4.64. The summed E-state index contributed by atoms with van der Waals surface area (Å²) in [6.07, 6.45) is 2.10. The lowest BCUT2D eigenvalue weighted by molar-refractivity contribution is -0.130. The van der Waals surface area contributed by atoms with Crippen molar-refractivity contribution < 1.29 is 18.4 Å². The minimum absolute atomic E-state index is 0.0500. The molecule has 1 aliphatic rings. The Bertz CT molecular complexity index is 1270. The van der Waals surface area contributed by atoms with E-state index in [9.17, 15) is 13.2 Å². The molecule has 4 rings (SSSR count). The Balaban J connectivity index is 1.71. The van der Waals surface area contributed by atoms with Crippen molar-refractivity contribution in [2.24, 2.45) is 0 Å². The van der Waals surface area contributed by atoms with Gasteiger partial charge in [0.1, 0.15) is 4.75 Å². The standard InChI is InChI=1S/C26H30N2O4S/c1-18(2)24-16-20(22-7-3-4-8-23(22)27-24)15-19-9-11-21(12-10-19)26(17-25(29)28-30)13-5-6-14-33(26,31)32/h3-4,7-12,16,18,30H,5-6,13-15,17H2,1-2H3,(H,28,29). The first-order chi connectivity index (χ1) is 15.8. The Morgan fingerprint density at radius 1 is 1.12 bits per heavy atom. The average molecular weight is 467 g/mol. The van der Waals surface area contributed by atoms with Crippen LogP contribution in [-0.4, -0.2) is 30.3 Å². The number of aromatic nitrogens is 1. The molecule has 174 valence electrons. The van der Waals surface area contributed by atoms with Gasteiger partial charge in [0.2, 0.25) is 5.91 Å². The van der Waals surface area contributed by atoms with Crippen LogP contribution in [0.3, 0.4) is 0 Å². The third-order valence-electron chi connectivity index (χ3n) is 6.70. The second-order valence-corrected chi connectivity index (χ2v) is 11.7. The zero-order chi connectivity index (χ0) is 23.6. The lowest BCUT2D eigenvalue weighted by atomic mass is 9.87. The Hall–Kier alpha value is -2.77.